The quantitative estimate of drug-likeness (QED) is 0.0322. The van der Waals surface area contributed by atoms with Gasteiger partial charge in [-0.1, -0.05) is 255 Å². The average Bonchev–Trinajstić information content (AvgIpc) is 3.25. The van der Waals surface area contributed by atoms with Crippen LogP contribution in [0.1, 0.15) is 252 Å². The van der Waals surface area contributed by atoms with Crippen molar-refractivity contribution < 1.29 is 24.5 Å². The number of nitrogens with one attached hydrogen (secondary N) is 1. The Balaban J connectivity index is 4.64. The van der Waals surface area contributed by atoms with Gasteiger partial charge in [-0.25, -0.2) is 0 Å². The summed E-state index contributed by atoms with van der Waals surface area (Å²) in [5.74, 6) is -0.517. The highest BCUT2D eigenvalue weighted by Gasteiger charge is 2.24. The van der Waals surface area contributed by atoms with Crippen molar-refractivity contribution in [1.82, 2.24) is 5.32 Å². The van der Waals surface area contributed by atoms with Crippen molar-refractivity contribution in [3.63, 3.8) is 0 Å². The molecule has 0 aromatic rings. The van der Waals surface area contributed by atoms with Crippen LogP contribution in [0.5, 0.6) is 0 Å². The fourth-order valence-electron chi connectivity index (χ4n) is 7.81. The zero-order valence-corrected chi connectivity index (χ0v) is 40.3. The van der Waals surface area contributed by atoms with E-state index in [4.69, 9.17) is 4.74 Å². The van der Waals surface area contributed by atoms with E-state index in [9.17, 15) is 19.8 Å². The van der Waals surface area contributed by atoms with Gasteiger partial charge in [0.25, 0.3) is 0 Å². The molecule has 0 saturated heterocycles. The third kappa shape index (κ3) is 44.0. The number of rotatable bonds is 46. The third-order valence-electron chi connectivity index (χ3n) is 11.7. The summed E-state index contributed by atoms with van der Waals surface area (Å²) >= 11 is 0. The van der Waals surface area contributed by atoms with Crippen LogP contribution in [-0.4, -0.2) is 46.9 Å². The molecule has 3 atom stereocenters. The van der Waals surface area contributed by atoms with Crippen LogP contribution in [0.4, 0.5) is 0 Å². The van der Waals surface area contributed by atoms with E-state index in [-0.39, 0.29) is 24.9 Å². The van der Waals surface area contributed by atoms with Crippen LogP contribution in [0.2, 0.25) is 0 Å². The molecule has 0 spiro atoms. The molecule has 0 aliphatic rings. The molecule has 0 rings (SSSR count). The molecular weight excluding hydrogens is 755 g/mol. The molecule has 0 radical (unpaired) electrons. The van der Waals surface area contributed by atoms with Crippen LogP contribution in [0.25, 0.3) is 0 Å². The maximum Gasteiger partial charge on any atom is 0.306 e. The molecule has 0 aromatic heterocycles. The second kappa shape index (κ2) is 48.6. The second-order valence-corrected chi connectivity index (χ2v) is 17.7. The van der Waals surface area contributed by atoms with Gasteiger partial charge >= 0.3 is 5.97 Å². The molecule has 0 bridgehead atoms. The van der Waals surface area contributed by atoms with E-state index in [0.29, 0.717) is 19.3 Å². The van der Waals surface area contributed by atoms with Gasteiger partial charge in [-0.05, 0) is 44.9 Å². The maximum absolute atomic E-state index is 13.2. The molecule has 0 aliphatic heterocycles. The van der Waals surface area contributed by atoms with E-state index in [1.165, 1.54) is 135 Å². The Labute approximate surface area is 378 Å². The summed E-state index contributed by atoms with van der Waals surface area (Å²) in [5, 5.41) is 23.7. The SMILES string of the molecule is CC/C=C/C=C/C=C\C=C/C=C/CCCCCC(=O)OC(CCCCCCCCCCCCCCCCCCC)CC(=O)NC(CO)C(O)CCCCCCCCCCCC. The van der Waals surface area contributed by atoms with Crippen LogP contribution >= 0.6 is 0 Å². The number of amides is 1. The minimum atomic E-state index is -0.794. The summed E-state index contributed by atoms with van der Waals surface area (Å²) in [7, 11) is 0. The first-order valence-corrected chi connectivity index (χ1v) is 26.1. The number of carbonyl (C=O) groups is 2. The second-order valence-electron chi connectivity index (χ2n) is 17.7. The summed E-state index contributed by atoms with van der Waals surface area (Å²) in [6.45, 7) is 6.33. The van der Waals surface area contributed by atoms with Crippen molar-refractivity contribution in [2.75, 3.05) is 6.61 Å². The Morgan fingerprint density at radius 3 is 1.33 bits per heavy atom. The predicted molar refractivity (Wildman–Crippen MR) is 264 cm³/mol. The summed E-state index contributed by atoms with van der Waals surface area (Å²) in [6.07, 6.45) is 60.0. The van der Waals surface area contributed by atoms with Gasteiger partial charge in [-0.3, -0.25) is 9.59 Å². The van der Waals surface area contributed by atoms with Crippen molar-refractivity contribution in [3.8, 4) is 0 Å². The van der Waals surface area contributed by atoms with Crippen LogP contribution in [0.15, 0.2) is 60.8 Å². The number of esters is 1. The Morgan fingerprint density at radius 1 is 0.492 bits per heavy atom. The minimum absolute atomic E-state index is 0.0613. The first-order chi connectivity index (χ1) is 30.0. The monoisotopic (exact) mass is 854 g/mol. The van der Waals surface area contributed by atoms with Gasteiger partial charge in [-0.15, -0.1) is 0 Å². The number of aliphatic hydroxyl groups excluding tert-OH is 2. The van der Waals surface area contributed by atoms with Crippen molar-refractivity contribution in [1.29, 1.82) is 0 Å². The topological polar surface area (TPSA) is 95.9 Å². The highest BCUT2D eigenvalue weighted by Crippen LogP contribution is 2.18. The lowest BCUT2D eigenvalue weighted by molar-refractivity contribution is -0.151. The van der Waals surface area contributed by atoms with Gasteiger partial charge in [0.2, 0.25) is 5.91 Å². The van der Waals surface area contributed by atoms with E-state index in [1.807, 2.05) is 36.5 Å². The first-order valence-electron chi connectivity index (χ1n) is 26.1. The van der Waals surface area contributed by atoms with Crippen molar-refractivity contribution in [2.24, 2.45) is 0 Å². The van der Waals surface area contributed by atoms with Gasteiger partial charge < -0.3 is 20.3 Å². The van der Waals surface area contributed by atoms with E-state index in [2.05, 4.69) is 50.4 Å². The smallest absolute Gasteiger partial charge is 0.306 e. The Morgan fingerprint density at radius 2 is 0.885 bits per heavy atom. The molecule has 0 saturated carbocycles. The van der Waals surface area contributed by atoms with Gasteiger partial charge in [0.05, 0.1) is 25.2 Å². The summed E-state index contributed by atoms with van der Waals surface area (Å²) in [4.78, 5) is 26.1. The fourth-order valence-corrected chi connectivity index (χ4v) is 7.81. The lowest BCUT2D eigenvalue weighted by Gasteiger charge is -2.24. The first kappa shape index (κ1) is 58.6. The minimum Gasteiger partial charge on any atom is -0.462 e. The lowest BCUT2D eigenvalue weighted by atomic mass is 10.0. The molecule has 1 amide bonds. The average molecular weight is 854 g/mol. The molecule has 6 nitrogen and oxygen atoms in total. The van der Waals surface area contributed by atoms with Gasteiger partial charge in [-0.2, -0.15) is 0 Å². The highest BCUT2D eigenvalue weighted by molar-refractivity contribution is 5.77. The largest absolute Gasteiger partial charge is 0.462 e. The van der Waals surface area contributed by atoms with Crippen LogP contribution in [-0.2, 0) is 14.3 Å². The molecular formula is C55H99NO5. The number of aliphatic hydroxyl groups is 2. The summed E-state index contributed by atoms with van der Waals surface area (Å²) in [5.41, 5.74) is 0. The molecule has 3 unspecified atom stereocenters. The maximum atomic E-state index is 13.2. The highest BCUT2D eigenvalue weighted by atomic mass is 16.5. The zero-order chi connectivity index (χ0) is 44.5. The van der Waals surface area contributed by atoms with Crippen molar-refractivity contribution >= 4 is 11.9 Å². The molecule has 3 N–H and O–H groups in total. The van der Waals surface area contributed by atoms with Crippen LogP contribution < -0.4 is 5.32 Å². The molecule has 6 heteroatoms. The van der Waals surface area contributed by atoms with Crippen LogP contribution in [0.3, 0.4) is 0 Å². The molecule has 354 valence electrons. The van der Waals surface area contributed by atoms with Gasteiger partial charge in [0.15, 0.2) is 0 Å². The van der Waals surface area contributed by atoms with E-state index in [1.54, 1.807) is 0 Å². The van der Waals surface area contributed by atoms with Crippen LogP contribution in [0, 0.1) is 0 Å². The molecule has 0 fully saturated rings. The predicted octanol–water partition coefficient (Wildman–Crippen LogP) is 15.6. The molecule has 0 aromatic carbocycles. The van der Waals surface area contributed by atoms with E-state index >= 15 is 0 Å². The van der Waals surface area contributed by atoms with Crippen molar-refractivity contribution in [2.45, 2.75) is 270 Å². The van der Waals surface area contributed by atoms with Crippen molar-refractivity contribution in [3.05, 3.63) is 60.8 Å². The number of ether oxygens (including phenoxy) is 1. The number of carbonyl (C=O) groups excluding carboxylic acids is 2. The Bertz CT molecular complexity index is 1090. The fraction of sp³-hybridized carbons (Fsp3) is 0.782. The zero-order valence-electron chi connectivity index (χ0n) is 40.3. The number of allylic oxidation sites excluding steroid dienone is 10. The van der Waals surface area contributed by atoms with Gasteiger partial charge in [0, 0.05) is 6.42 Å². The van der Waals surface area contributed by atoms with E-state index < -0.39 is 18.2 Å². The lowest BCUT2D eigenvalue weighted by Crippen LogP contribution is -2.46. The molecule has 61 heavy (non-hydrogen) atoms. The Hall–Kier alpha value is -2.44. The number of hydrogen-bond acceptors (Lipinski definition) is 5. The molecule has 0 aliphatic carbocycles. The number of unbranched alkanes of at least 4 members (excludes halogenated alkanes) is 28. The number of hydrogen-bond donors (Lipinski definition) is 3. The molecule has 0 heterocycles. The summed E-state index contributed by atoms with van der Waals surface area (Å²) < 4.78 is 5.92. The Kier molecular flexibility index (Phi) is 46.6. The standard InChI is InChI=1S/C55H99NO5/c1-4-7-10-13-16-19-22-24-26-27-29-30-32-34-37-40-43-46-51(61-55(60)48-45-42-39-36-33-31-28-25-23-20-17-14-11-8-5-2)49-54(59)56-52(50-57)53(58)47-44-41-38-35-21-18-15-12-9-6-3/h8,11,14,17,20,23,25,28,31,33,51-53,57-58H,4-7,9-10,12-13,15-16,18-19,21-22,24,26-27,29-30,32,34-50H2,1-3H3,(H,56,59)/b11-8+,17-14+,23-20-,28-25-,33-31+. The summed E-state index contributed by atoms with van der Waals surface area (Å²) in [6, 6.07) is -0.709. The van der Waals surface area contributed by atoms with Gasteiger partial charge in [0.1, 0.15) is 6.10 Å². The third-order valence-corrected chi connectivity index (χ3v) is 11.7. The normalized spacial score (nSPS) is 13.7. The van der Waals surface area contributed by atoms with E-state index in [0.717, 1.165) is 70.6 Å².